The fraction of sp³-hybridized carbons (Fsp3) is 0.222. The molecule has 0 saturated carbocycles. The predicted molar refractivity (Wildman–Crippen MR) is 62.9 cm³/mol. The van der Waals surface area contributed by atoms with Crippen molar-refractivity contribution >= 4 is 33.9 Å². The van der Waals surface area contributed by atoms with Crippen LogP contribution in [0.15, 0.2) is 24.3 Å². The Bertz CT molecular complexity index is 348. The molecule has 0 radical (unpaired) electrons. The van der Waals surface area contributed by atoms with Gasteiger partial charge in [-0.3, -0.25) is 10.1 Å². The van der Waals surface area contributed by atoms with Gasteiger partial charge in [-0.15, -0.1) is 11.8 Å². The van der Waals surface area contributed by atoms with E-state index >= 15 is 0 Å². The highest BCUT2D eigenvalue weighted by Crippen LogP contribution is 2.17. The molecule has 14 heavy (non-hydrogen) atoms. The molecule has 0 saturated heterocycles. The summed E-state index contributed by atoms with van der Waals surface area (Å²) in [5.74, 6) is 0.913. The van der Waals surface area contributed by atoms with Gasteiger partial charge >= 0.3 is 0 Å². The zero-order valence-electron chi connectivity index (χ0n) is 7.60. The van der Waals surface area contributed by atoms with Gasteiger partial charge in [-0.05, 0) is 23.4 Å². The smallest absolute Gasteiger partial charge is 0.258 e. The SMILES string of the molecule is CCSC(=S)c1ccc([N+](=O)[O-])cc1. The number of benzene rings is 1. The van der Waals surface area contributed by atoms with Crippen LogP contribution < -0.4 is 0 Å². The number of thiocarbonyl (C=S) groups is 1. The maximum Gasteiger partial charge on any atom is 0.269 e. The molecule has 1 rings (SSSR count). The summed E-state index contributed by atoms with van der Waals surface area (Å²) in [5, 5.41) is 10.4. The molecule has 0 unspecified atom stereocenters. The van der Waals surface area contributed by atoms with Crippen LogP contribution in [-0.2, 0) is 0 Å². The number of hydrogen-bond donors (Lipinski definition) is 0. The lowest BCUT2D eigenvalue weighted by atomic mass is 10.2. The van der Waals surface area contributed by atoms with Gasteiger partial charge < -0.3 is 0 Å². The molecule has 0 aliphatic carbocycles. The number of hydrogen-bond acceptors (Lipinski definition) is 4. The Morgan fingerprint density at radius 3 is 2.50 bits per heavy atom. The molecule has 74 valence electrons. The zero-order valence-corrected chi connectivity index (χ0v) is 9.23. The van der Waals surface area contributed by atoms with Crippen LogP contribution in [0.5, 0.6) is 0 Å². The van der Waals surface area contributed by atoms with E-state index in [0.29, 0.717) is 0 Å². The molecule has 5 heteroatoms. The van der Waals surface area contributed by atoms with E-state index in [0.717, 1.165) is 15.5 Å². The first-order valence-corrected chi connectivity index (χ1v) is 5.46. The molecule has 0 fully saturated rings. The Morgan fingerprint density at radius 1 is 1.50 bits per heavy atom. The number of nitro groups is 1. The molecule has 0 spiro atoms. The van der Waals surface area contributed by atoms with Crippen LogP contribution in [0.25, 0.3) is 0 Å². The Balaban J connectivity index is 2.83. The maximum absolute atomic E-state index is 10.4. The number of nitro benzene ring substituents is 1. The van der Waals surface area contributed by atoms with Crippen molar-refractivity contribution in [2.24, 2.45) is 0 Å². The molecule has 0 N–H and O–H groups in total. The average Bonchev–Trinajstić information content (AvgIpc) is 2.18. The summed E-state index contributed by atoms with van der Waals surface area (Å²) in [6.45, 7) is 2.02. The van der Waals surface area contributed by atoms with Crippen LogP contribution in [0.2, 0.25) is 0 Å². The summed E-state index contributed by atoms with van der Waals surface area (Å²) in [6, 6.07) is 6.31. The van der Waals surface area contributed by atoms with E-state index in [2.05, 4.69) is 0 Å². The summed E-state index contributed by atoms with van der Waals surface area (Å²) in [6.07, 6.45) is 0. The Hall–Kier alpha value is -0.940. The minimum Gasteiger partial charge on any atom is -0.258 e. The molecular weight excluding hydrogens is 218 g/mol. The lowest BCUT2D eigenvalue weighted by molar-refractivity contribution is -0.384. The van der Waals surface area contributed by atoms with E-state index in [1.165, 1.54) is 12.1 Å². The van der Waals surface area contributed by atoms with E-state index in [1.54, 1.807) is 23.9 Å². The van der Waals surface area contributed by atoms with E-state index in [-0.39, 0.29) is 5.69 Å². The molecule has 0 aliphatic heterocycles. The van der Waals surface area contributed by atoms with Gasteiger partial charge in [-0.25, -0.2) is 0 Å². The highest BCUT2D eigenvalue weighted by Gasteiger charge is 2.06. The van der Waals surface area contributed by atoms with Crippen LogP contribution in [0.3, 0.4) is 0 Å². The van der Waals surface area contributed by atoms with Gasteiger partial charge in [0.2, 0.25) is 0 Å². The number of rotatable bonds is 3. The van der Waals surface area contributed by atoms with Gasteiger partial charge in [-0.1, -0.05) is 19.1 Å². The van der Waals surface area contributed by atoms with Gasteiger partial charge in [0, 0.05) is 12.1 Å². The molecule has 0 aliphatic rings. The van der Waals surface area contributed by atoms with Crippen molar-refractivity contribution in [1.82, 2.24) is 0 Å². The van der Waals surface area contributed by atoms with Crippen LogP contribution >= 0.6 is 24.0 Å². The normalized spacial score (nSPS) is 9.79. The first kappa shape index (κ1) is 11.1. The van der Waals surface area contributed by atoms with Crippen LogP contribution in [0, 0.1) is 10.1 Å². The molecular formula is C9H9NO2S2. The van der Waals surface area contributed by atoms with Crippen molar-refractivity contribution in [2.45, 2.75) is 6.92 Å². The third kappa shape index (κ3) is 2.78. The number of nitrogens with zero attached hydrogens (tertiary/aromatic N) is 1. The quantitative estimate of drug-likeness (QED) is 0.452. The third-order valence-electron chi connectivity index (χ3n) is 1.59. The van der Waals surface area contributed by atoms with Crippen molar-refractivity contribution < 1.29 is 4.92 Å². The van der Waals surface area contributed by atoms with Gasteiger partial charge in [-0.2, -0.15) is 0 Å². The molecule has 0 atom stereocenters. The predicted octanol–water partition coefficient (Wildman–Crippen LogP) is 3.02. The van der Waals surface area contributed by atoms with Gasteiger partial charge in [0.05, 0.1) is 9.12 Å². The highest BCUT2D eigenvalue weighted by molar-refractivity contribution is 8.23. The first-order valence-electron chi connectivity index (χ1n) is 4.06. The van der Waals surface area contributed by atoms with Gasteiger partial charge in [0.15, 0.2) is 0 Å². The Morgan fingerprint density at radius 2 is 2.07 bits per heavy atom. The molecule has 0 bridgehead atoms. The zero-order chi connectivity index (χ0) is 10.6. The fourth-order valence-electron chi connectivity index (χ4n) is 0.934. The van der Waals surface area contributed by atoms with Crippen molar-refractivity contribution in [2.75, 3.05) is 5.75 Å². The van der Waals surface area contributed by atoms with Crippen molar-refractivity contribution in [1.29, 1.82) is 0 Å². The standard InChI is InChI=1S/C9H9NO2S2/c1-2-14-9(13)7-3-5-8(6-4-7)10(11)12/h3-6H,2H2,1H3. The number of thioether (sulfide) groups is 1. The largest absolute Gasteiger partial charge is 0.269 e. The van der Waals surface area contributed by atoms with Crippen LogP contribution in [0.4, 0.5) is 5.69 Å². The average molecular weight is 227 g/mol. The van der Waals surface area contributed by atoms with E-state index in [1.807, 2.05) is 6.92 Å². The van der Waals surface area contributed by atoms with E-state index < -0.39 is 4.92 Å². The summed E-state index contributed by atoms with van der Waals surface area (Å²) in [7, 11) is 0. The van der Waals surface area contributed by atoms with Crippen molar-refractivity contribution in [3.8, 4) is 0 Å². The molecule has 3 nitrogen and oxygen atoms in total. The summed E-state index contributed by atoms with van der Waals surface area (Å²) in [4.78, 5) is 9.96. The lowest BCUT2D eigenvalue weighted by Gasteiger charge is -2.00. The van der Waals surface area contributed by atoms with E-state index in [9.17, 15) is 10.1 Å². The minimum atomic E-state index is -0.417. The van der Waals surface area contributed by atoms with E-state index in [4.69, 9.17) is 12.2 Å². The Kier molecular flexibility index (Phi) is 4.03. The molecule has 1 aromatic rings. The van der Waals surface area contributed by atoms with Crippen LogP contribution in [-0.4, -0.2) is 14.9 Å². The number of non-ortho nitro benzene ring substituents is 1. The van der Waals surface area contributed by atoms with Gasteiger partial charge in [0.25, 0.3) is 5.69 Å². The van der Waals surface area contributed by atoms with Crippen LogP contribution in [0.1, 0.15) is 12.5 Å². The molecule has 0 amide bonds. The van der Waals surface area contributed by atoms with Crippen molar-refractivity contribution in [3.05, 3.63) is 39.9 Å². The summed E-state index contributed by atoms with van der Waals surface area (Å²) >= 11 is 6.68. The second kappa shape index (κ2) is 5.07. The molecule has 1 aromatic carbocycles. The first-order chi connectivity index (χ1) is 6.65. The van der Waals surface area contributed by atoms with Crippen molar-refractivity contribution in [3.63, 3.8) is 0 Å². The summed E-state index contributed by atoms with van der Waals surface area (Å²) in [5.41, 5.74) is 0.968. The second-order valence-corrected chi connectivity index (χ2v) is 4.47. The highest BCUT2D eigenvalue weighted by atomic mass is 32.2. The fourth-order valence-corrected chi connectivity index (χ4v) is 1.99. The third-order valence-corrected chi connectivity index (χ3v) is 2.97. The maximum atomic E-state index is 10.4. The Labute approximate surface area is 91.7 Å². The topological polar surface area (TPSA) is 43.1 Å². The molecule has 0 heterocycles. The monoisotopic (exact) mass is 227 g/mol. The second-order valence-electron chi connectivity index (χ2n) is 2.52. The molecule has 0 aromatic heterocycles. The summed E-state index contributed by atoms with van der Waals surface area (Å²) < 4.78 is 0.780. The minimum absolute atomic E-state index is 0.0954. The lowest BCUT2D eigenvalue weighted by Crippen LogP contribution is -1.93. The van der Waals surface area contributed by atoms with Gasteiger partial charge in [0.1, 0.15) is 0 Å².